The second-order valence-corrected chi connectivity index (χ2v) is 26.5. The second-order valence-electron chi connectivity index (χ2n) is 26.5. The number of methoxy groups -OCH3 is 3. The highest BCUT2D eigenvalue weighted by Crippen LogP contribution is 2.23. The predicted molar refractivity (Wildman–Crippen MR) is 338 cm³/mol. The highest BCUT2D eigenvalue weighted by molar-refractivity contribution is 5.92. The van der Waals surface area contributed by atoms with Gasteiger partial charge in [0, 0.05) is 64.9 Å². The summed E-state index contributed by atoms with van der Waals surface area (Å²) in [6.07, 6.45) is -5.13. The largest absolute Gasteiger partial charge is 0.465 e. The number of carbonyl (C=O) groups excluding carboxylic acids is 8. The van der Waals surface area contributed by atoms with Gasteiger partial charge >= 0.3 is 11.9 Å². The van der Waals surface area contributed by atoms with Gasteiger partial charge in [-0.1, -0.05) is 126 Å². The Kier molecular flexibility index (Phi) is 43.2. The monoisotopic (exact) mass is 1310 g/mol. The van der Waals surface area contributed by atoms with Crippen LogP contribution in [0.1, 0.15) is 155 Å². The van der Waals surface area contributed by atoms with Crippen molar-refractivity contribution < 1.29 is 113 Å². The van der Waals surface area contributed by atoms with Crippen molar-refractivity contribution in [2.24, 2.45) is 34.0 Å². The Balaban J connectivity index is 0. The number of aliphatic hydroxyl groups excluding tert-OH is 9. The van der Waals surface area contributed by atoms with E-state index >= 15 is 0 Å². The Morgan fingerprint density at radius 1 is 0.462 bits per heavy atom. The third kappa shape index (κ3) is 38.8. The molecule has 1 rings (SSSR count). The molecule has 0 aromatic carbocycles. The third-order valence-electron chi connectivity index (χ3n) is 13.8. The summed E-state index contributed by atoms with van der Waals surface area (Å²) in [7, 11) is 3.60. The maximum atomic E-state index is 12.6. The normalized spacial score (nSPS) is 18.4. The van der Waals surface area contributed by atoms with Crippen LogP contribution in [0.3, 0.4) is 0 Å². The Hall–Kier alpha value is -4.94. The maximum absolute atomic E-state index is 12.6. The van der Waals surface area contributed by atoms with Gasteiger partial charge in [-0.2, -0.15) is 0 Å². The van der Waals surface area contributed by atoms with Crippen LogP contribution < -0.4 is 16.0 Å². The van der Waals surface area contributed by atoms with E-state index in [1.807, 2.05) is 76.2 Å². The highest BCUT2D eigenvalue weighted by atomic mass is 16.5. The summed E-state index contributed by atoms with van der Waals surface area (Å²) in [5, 5.41) is 99.3. The van der Waals surface area contributed by atoms with E-state index < -0.39 is 132 Å². The van der Waals surface area contributed by atoms with Crippen molar-refractivity contribution in [2.45, 2.75) is 241 Å². The lowest BCUT2D eigenvalue weighted by Crippen LogP contribution is -2.48. The minimum atomic E-state index is -1.69. The number of esters is 2. The molecule has 15 atom stereocenters. The number of ketones is 3. The fraction of sp³-hybridized carbons (Fsp3) is 0.785. The molecule has 0 unspecified atom stereocenters. The van der Waals surface area contributed by atoms with Crippen LogP contribution in [0.2, 0.25) is 0 Å². The van der Waals surface area contributed by atoms with Crippen LogP contribution in [0.25, 0.3) is 0 Å². The van der Waals surface area contributed by atoms with Gasteiger partial charge in [-0.05, 0) is 62.7 Å². The van der Waals surface area contributed by atoms with Gasteiger partial charge in [0.05, 0.1) is 19.3 Å². The molecule has 0 aliphatic heterocycles. The molecule has 0 bridgehead atoms. The van der Waals surface area contributed by atoms with Gasteiger partial charge < -0.3 is 90.3 Å². The Labute approximate surface area is 539 Å². The number of Topliss-reactive ketones (excluding diaryl/α,β-unsaturated/α-hetero) is 3. The molecule has 0 radical (unpaired) electrons. The van der Waals surface area contributed by atoms with Crippen molar-refractivity contribution in [3.63, 3.8) is 0 Å². The molecular formula is C65H115N3O23. The third-order valence-corrected chi connectivity index (χ3v) is 13.8. The van der Waals surface area contributed by atoms with Gasteiger partial charge in [0.25, 0.3) is 0 Å². The lowest BCUT2D eigenvalue weighted by molar-refractivity contribution is -0.151. The standard InChI is InChI=1S/C24H41NO8.C21H39NO7.C20H35NO8/c1-15(23(31)25-14-19(28)33-16-9-7-6-8-10-16)13-18(27)22(32-5)21(30)20(29)17(26)11-12-24(2,3)4;1-13(2)29-11-10-22-20(27)14(3)12-16(24)19(28-7)18(26)17(25)15(23)8-9-21(4,5)6;1-7-29-15(24)11-21-19(27)12(2)10-14(23)18(28-6)17(26)16(25)13(22)8-9-20(3,4)5/h11-12,15-17,20-22,26,29-30H,6-10,13-14H2,1-5H3,(H,25,31);8-9,13-15,17-19,23,25-26H,10-12H2,1-7H3,(H,22,27);8-9,12-13,16-18,22,25-26H,7,10-11H2,1-6H3,(H,21,27)/b12-11+;2*9-8+/t15-,17-,20+,21-,22+;14-,15-,17+,18-,19+;12-,13-,16+,17-,18+/m111/s1. The summed E-state index contributed by atoms with van der Waals surface area (Å²) < 4.78 is 30.5. The minimum Gasteiger partial charge on any atom is -0.465 e. The molecular weight excluding hydrogens is 1190 g/mol. The maximum Gasteiger partial charge on any atom is 0.325 e. The van der Waals surface area contributed by atoms with Crippen molar-refractivity contribution in [1.29, 1.82) is 0 Å². The topological polar surface area (TPSA) is 410 Å². The molecule has 0 spiro atoms. The van der Waals surface area contributed by atoms with Crippen LogP contribution in [0.5, 0.6) is 0 Å². The van der Waals surface area contributed by atoms with Crippen LogP contribution in [0.15, 0.2) is 36.5 Å². The zero-order valence-electron chi connectivity index (χ0n) is 57.2. The molecule has 0 aromatic rings. The molecule has 1 aliphatic rings. The van der Waals surface area contributed by atoms with E-state index in [9.17, 15) is 84.3 Å². The molecule has 3 amide bonds. The first-order valence-electron chi connectivity index (χ1n) is 31.2. The fourth-order valence-corrected chi connectivity index (χ4v) is 8.50. The van der Waals surface area contributed by atoms with Crippen molar-refractivity contribution in [2.75, 3.05) is 54.2 Å². The van der Waals surface area contributed by atoms with E-state index in [1.165, 1.54) is 53.4 Å². The number of aliphatic hydroxyl groups is 9. The predicted octanol–water partition coefficient (Wildman–Crippen LogP) is 2.06. The van der Waals surface area contributed by atoms with Crippen LogP contribution in [-0.4, -0.2) is 233 Å². The smallest absolute Gasteiger partial charge is 0.325 e. The Bertz CT molecular complexity index is 2250. The number of amides is 3. The van der Waals surface area contributed by atoms with E-state index in [0.717, 1.165) is 32.1 Å². The van der Waals surface area contributed by atoms with E-state index in [4.69, 9.17) is 28.4 Å². The molecule has 0 heterocycles. The molecule has 0 aromatic heterocycles. The quantitative estimate of drug-likeness (QED) is 0.0241. The summed E-state index contributed by atoms with van der Waals surface area (Å²) >= 11 is 0. The van der Waals surface area contributed by atoms with Gasteiger partial charge in [0.15, 0.2) is 17.3 Å². The number of ether oxygens (including phenoxy) is 6. The van der Waals surface area contributed by atoms with Crippen molar-refractivity contribution in [3.05, 3.63) is 36.5 Å². The zero-order valence-corrected chi connectivity index (χ0v) is 57.2. The van der Waals surface area contributed by atoms with E-state index in [-0.39, 0.29) is 73.3 Å². The van der Waals surface area contributed by atoms with Gasteiger partial charge in [-0.3, -0.25) is 38.4 Å². The van der Waals surface area contributed by atoms with Gasteiger partial charge in [-0.15, -0.1) is 0 Å². The lowest BCUT2D eigenvalue weighted by atomic mass is 9.92. The average Bonchev–Trinajstić information content (AvgIpc) is 3.49. The summed E-state index contributed by atoms with van der Waals surface area (Å²) in [5.41, 5.74) is -0.701. The van der Waals surface area contributed by atoms with Crippen molar-refractivity contribution in [3.8, 4) is 0 Å². The van der Waals surface area contributed by atoms with Crippen LogP contribution in [0, 0.1) is 34.0 Å². The first-order valence-corrected chi connectivity index (χ1v) is 31.2. The average molecular weight is 1310 g/mol. The van der Waals surface area contributed by atoms with Crippen LogP contribution in [0.4, 0.5) is 0 Å². The van der Waals surface area contributed by atoms with Crippen LogP contribution in [-0.2, 0) is 66.8 Å². The highest BCUT2D eigenvalue weighted by Gasteiger charge is 2.39. The van der Waals surface area contributed by atoms with E-state index in [2.05, 4.69) is 16.0 Å². The second kappa shape index (κ2) is 44.6. The summed E-state index contributed by atoms with van der Waals surface area (Å²) in [6, 6.07) is 0. The lowest BCUT2D eigenvalue weighted by Gasteiger charge is -2.27. The number of rotatable bonds is 37. The van der Waals surface area contributed by atoms with Crippen LogP contribution >= 0.6 is 0 Å². The van der Waals surface area contributed by atoms with E-state index in [0.29, 0.717) is 13.2 Å². The molecule has 1 fully saturated rings. The van der Waals surface area contributed by atoms with E-state index in [1.54, 1.807) is 32.1 Å². The first-order chi connectivity index (χ1) is 42.0. The molecule has 1 aliphatic carbocycles. The SMILES string of the molecule is CCOC(=O)CNC(=O)[C@H](C)CC(=O)[C@H](OC)[C@H](O)[C@@H](O)[C@H](O)/C=C/C(C)(C)C.CO[C@@H](C(=O)C[C@@H](C)C(=O)NCC(=O)OC1CCCCC1)[C@H](O)[C@@H](O)[C@H](O)/C=C/C(C)(C)C.CO[C@@H](C(=O)C[C@@H](C)C(=O)NCCOC(C)C)[C@H](O)[C@@H](O)[C@H](O)/C=C/C(C)(C)C. The molecule has 528 valence electrons. The minimum absolute atomic E-state index is 0.0647. The summed E-state index contributed by atoms with van der Waals surface area (Å²) in [5.74, 6) is -6.48. The van der Waals surface area contributed by atoms with Crippen molar-refractivity contribution in [1.82, 2.24) is 16.0 Å². The fourth-order valence-electron chi connectivity index (χ4n) is 8.50. The molecule has 91 heavy (non-hydrogen) atoms. The summed E-state index contributed by atoms with van der Waals surface area (Å²) in [4.78, 5) is 97.2. The molecule has 1 saturated carbocycles. The first kappa shape index (κ1) is 88.1. The summed E-state index contributed by atoms with van der Waals surface area (Å²) in [6.45, 7) is 27.5. The Morgan fingerprint density at radius 2 is 0.769 bits per heavy atom. The van der Waals surface area contributed by atoms with Gasteiger partial charge in [-0.25, -0.2) is 0 Å². The zero-order chi connectivity index (χ0) is 70.7. The van der Waals surface area contributed by atoms with Gasteiger partial charge in [0.1, 0.15) is 92.4 Å². The number of hydrogen-bond acceptors (Lipinski definition) is 23. The number of hydrogen-bond donors (Lipinski definition) is 12. The molecule has 26 nitrogen and oxygen atoms in total. The number of carbonyl (C=O) groups is 8. The number of nitrogens with one attached hydrogen (secondary N) is 3. The molecule has 0 saturated heterocycles. The number of allylic oxidation sites excluding steroid dienone is 3. The molecule has 26 heteroatoms. The molecule has 12 N–H and O–H groups in total. The van der Waals surface area contributed by atoms with Gasteiger partial charge in [0.2, 0.25) is 17.7 Å². The Morgan fingerprint density at radius 3 is 1.05 bits per heavy atom. The van der Waals surface area contributed by atoms with Crippen molar-refractivity contribution >= 4 is 47.0 Å².